The quantitative estimate of drug-likeness (QED) is 0.774. The number of hydrogen-bond donors (Lipinski definition) is 0. The number of rotatable bonds is 4. The van der Waals surface area contributed by atoms with Crippen LogP contribution in [0.3, 0.4) is 0 Å². The van der Waals surface area contributed by atoms with Gasteiger partial charge in [-0.1, -0.05) is 18.0 Å². The molecule has 2 rings (SSSR count). The molecule has 0 saturated carbocycles. The fourth-order valence-electron chi connectivity index (χ4n) is 2.04. The lowest BCUT2D eigenvalue weighted by molar-refractivity contribution is 0.180. The van der Waals surface area contributed by atoms with Crippen LogP contribution in [0.5, 0.6) is 5.88 Å². The summed E-state index contributed by atoms with van der Waals surface area (Å²) in [5.41, 5.74) is 0. The summed E-state index contributed by atoms with van der Waals surface area (Å²) in [7, 11) is 0. The molecule has 0 unspecified atom stereocenters. The van der Waals surface area contributed by atoms with Crippen LogP contribution in [-0.2, 0) is 0 Å². The summed E-state index contributed by atoms with van der Waals surface area (Å²) in [6, 6.07) is 1.66. The second-order valence-electron chi connectivity index (χ2n) is 4.33. The van der Waals surface area contributed by atoms with Gasteiger partial charge in [0.1, 0.15) is 17.6 Å². The van der Waals surface area contributed by atoms with E-state index in [0.29, 0.717) is 23.5 Å². The molecule has 0 amide bonds. The van der Waals surface area contributed by atoms with Crippen molar-refractivity contribution in [1.82, 2.24) is 14.9 Å². The molecule has 1 aliphatic rings. The van der Waals surface area contributed by atoms with E-state index in [2.05, 4.69) is 14.9 Å². The number of aryl methyl sites for hydroxylation is 1. The number of halogens is 1. The van der Waals surface area contributed by atoms with Crippen LogP contribution in [0.1, 0.15) is 25.1 Å². The molecule has 0 spiro atoms. The molecule has 5 heteroatoms. The minimum atomic E-state index is 0.436. The normalized spacial score (nSPS) is 17.1. The molecule has 1 fully saturated rings. The van der Waals surface area contributed by atoms with E-state index in [0.717, 1.165) is 6.54 Å². The highest BCUT2D eigenvalue weighted by Gasteiger charge is 2.09. The minimum Gasteiger partial charge on any atom is -0.476 e. The van der Waals surface area contributed by atoms with E-state index >= 15 is 0 Å². The first-order valence-corrected chi connectivity index (χ1v) is 6.48. The van der Waals surface area contributed by atoms with Gasteiger partial charge in [-0.3, -0.25) is 4.90 Å². The molecule has 0 bridgehead atoms. The highest BCUT2D eigenvalue weighted by atomic mass is 35.5. The van der Waals surface area contributed by atoms with Crippen LogP contribution in [0.4, 0.5) is 0 Å². The van der Waals surface area contributed by atoms with Crippen LogP contribution in [0, 0.1) is 6.92 Å². The molecule has 2 heterocycles. The minimum absolute atomic E-state index is 0.436. The molecular formula is C12H18ClN3O. The van der Waals surface area contributed by atoms with E-state index in [9.17, 15) is 0 Å². The van der Waals surface area contributed by atoms with Crippen molar-refractivity contribution in [1.29, 1.82) is 0 Å². The largest absolute Gasteiger partial charge is 0.476 e. The fraction of sp³-hybridized carbons (Fsp3) is 0.667. The number of ether oxygens (including phenoxy) is 1. The molecule has 1 aromatic heterocycles. The Labute approximate surface area is 107 Å². The van der Waals surface area contributed by atoms with E-state index in [1.165, 1.54) is 32.4 Å². The molecule has 0 aliphatic carbocycles. The summed E-state index contributed by atoms with van der Waals surface area (Å²) in [6.45, 7) is 5.80. The first-order valence-electron chi connectivity index (χ1n) is 6.10. The predicted octanol–water partition coefficient (Wildman–Crippen LogP) is 2.30. The van der Waals surface area contributed by atoms with E-state index in [-0.39, 0.29) is 0 Å². The van der Waals surface area contributed by atoms with Gasteiger partial charge in [0.2, 0.25) is 5.88 Å². The standard InChI is InChI=1S/C12H18ClN3O/c1-10-14-11(13)9-12(15-10)17-8-7-16-5-3-2-4-6-16/h9H,2-8H2,1H3. The predicted molar refractivity (Wildman–Crippen MR) is 67.6 cm³/mol. The summed E-state index contributed by atoms with van der Waals surface area (Å²) < 4.78 is 5.59. The molecule has 1 aliphatic heterocycles. The zero-order valence-corrected chi connectivity index (χ0v) is 10.9. The van der Waals surface area contributed by atoms with Gasteiger partial charge in [-0.05, 0) is 32.9 Å². The summed E-state index contributed by atoms with van der Waals surface area (Å²) in [5.74, 6) is 1.21. The zero-order valence-electron chi connectivity index (χ0n) is 10.2. The Hall–Kier alpha value is -0.870. The lowest BCUT2D eigenvalue weighted by atomic mass is 10.1. The molecule has 0 N–H and O–H groups in total. The number of piperidine rings is 1. The first-order chi connectivity index (χ1) is 8.24. The van der Waals surface area contributed by atoms with Gasteiger partial charge in [0, 0.05) is 12.6 Å². The van der Waals surface area contributed by atoms with Crippen LogP contribution < -0.4 is 4.74 Å². The molecule has 1 saturated heterocycles. The van der Waals surface area contributed by atoms with Crippen LogP contribution in [0.25, 0.3) is 0 Å². The van der Waals surface area contributed by atoms with Gasteiger partial charge in [0.15, 0.2) is 0 Å². The average Bonchev–Trinajstić information content (AvgIpc) is 2.29. The Morgan fingerprint density at radius 1 is 1.29 bits per heavy atom. The molecule has 1 aromatic rings. The third-order valence-corrected chi connectivity index (χ3v) is 3.08. The first kappa shape index (κ1) is 12.6. The Kier molecular flexibility index (Phi) is 4.57. The van der Waals surface area contributed by atoms with Crippen molar-refractivity contribution in [2.75, 3.05) is 26.2 Å². The van der Waals surface area contributed by atoms with Crippen molar-refractivity contribution in [2.45, 2.75) is 26.2 Å². The molecule has 0 radical (unpaired) electrons. The Bertz CT molecular complexity index is 347. The SMILES string of the molecule is Cc1nc(Cl)cc(OCCN2CCCCC2)n1. The Morgan fingerprint density at radius 3 is 2.76 bits per heavy atom. The van der Waals surface area contributed by atoms with E-state index in [1.807, 2.05) is 6.92 Å². The Morgan fingerprint density at radius 2 is 2.06 bits per heavy atom. The number of likely N-dealkylation sites (tertiary alicyclic amines) is 1. The lowest BCUT2D eigenvalue weighted by Gasteiger charge is -2.26. The van der Waals surface area contributed by atoms with Gasteiger partial charge in [0.25, 0.3) is 0 Å². The Balaban J connectivity index is 1.77. The smallest absolute Gasteiger partial charge is 0.218 e. The maximum atomic E-state index is 5.84. The third-order valence-electron chi connectivity index (χ3n) is 2.89. The van der Waals surface area contributed by atoms with Crippen LogP contribution in [0.15, 0.2) is 6.07 Å². The summed E-state index contributed by atoms with van der Waals surface area (Å²) in [5, 5.41) is 0.436. The van der Waals surface area contributed by atoms with E-state index < -0.39 is 0 Å². The van der Waals surface area contributed by atoms with Gasteiger partial charge in [-0.15, -0.1) is 0 Å². The fourth-order valence-corrected chi connectivity index (χ4v) is 2.26. The summed E-state index contributed by atoms with van der Waals surface area (Å²) in [6.07, 6.45) is 3.97. The van der Waals surface area contributed by atoms with Crippen molar-refractivity contribution in [2.24, 2.45) is 0 Å². The number of aromatic nitrogens is 2. The third kappa shape index (κ3) is 4.13. The maximum Gasteiger partial charge on any atom is 0.218 e. The van der Waals surface area contributed by atoms with E-state index in [4.69, 9.17) is 16.3 Å². The van der Waals surface area contributed by atoms with E-state index in [1.54, 1.807) is 6.07 Å². The summed E-state index contributed by atoms with van der Waals surface area (Å²) >= 11 is 5.84. The van der Waals surface area contributed by atoms with Crippen LogP contribution in [0.2, 0.25) is 5.15 Å². The number of nitrogens with zero attached hydrogens (tertiary/aromatic N) is 3. The molecule has 4 nitrogen and oxygen atoms in total. The monoisotopic (exact) mass is 255 g/mol. The second-order valence-corrected chi connectivity index (χ2v) is 4.71. The van der Waals surface area contributed by atoms with Crippen molar-refractivity contribution < 1.29 is 4.74 Å². The van der Waals surface area contributed by atoms with Crippen molar-refractivity contribution in [3.8, 4) is 5.88 Å². The van der Waals surface area contributed by atoms with Crippen LogP contribution >= 0.6 is 11.6 Å². The molecule has 0 aromatic carbocycles. The topological polar surface area (TPSA) is 38.2 Å². The molecular weight excluding hydrogens is 238 g/mol. The van der Waals surface area contributed by atoms with Gasteiger partial charge >= 0.3 is 0 Å². The van der Waals surface area contributed by atoms with Gasteiger partial charge in [-0.2, -0.15) is 4.98 Å². The average molecular weight is 256 g/mol. The van der Waals surface area contributed by atoms with Crippen molar-refractivity contribution in [3.63, 3.8) is 0 Å². The lowest BCUT2D eigenvalue weighted by Crippen LogP contribution is -2.33. The highest BCUT2D eigenvalue weighted by Crippen LogP contribution is 2.13. The van der Waals surface area contributed by atoms with Gasteiger partial charge < -0.3 is 4.74 Å². The summed E-state index contributed by atoms with van der Waals surface area (Å²) in [4.78, 5) is 10.6. The van der Waals surface area contributed by atoms with Crippen LogP contribution in [-0.4, -0.2) is 41.1 Å². The van der Waals surface area contributed by atoms with Crippen molar-refractivity contribution in [3.05, 3.63) is 17.0 Å². The zero-order chi connectivity index (χ0) is 12.1. The number of hydrogen-bond acceptors (Lipinski definition) is 4. The van der Waals surface area contributed by atoms with Gasteiger partial charge in [0.05, 0.1) is 0 Å². The molecule has 94 valence electrons. The van der Waals surface area contributed by atoms with Crippen molar-refractivity contribution >= 4 is 11.6 Å². The highest BCUT2D eigenvalue weighted by molar-refractivity contribution is 6.29. The van der Waals surface area contributed by atoms with Gasteiger partial charge in [-0.25, -0.2) is 4.98 Å². The molecule has 0 atom stereocenters. The second kappa shape index (κ2) is 6.17. The maximum absolute atomic E-state index is 5.84. The molecule has 17 heavy (non-hydrogen) atoms.